The first-order valence-electron chi connectivity index (χ1n) is 6.74. The Balaban J connectivity index is 1.97. The van der Waals surface area contributed by atoms with Crippen molar-refractivity contribution in [3.05, 3.63) is 40.3 Å². The molecular formula is C14H15N3O3S2. The van der Waals surface area contributed by atoms with Gasteiger partial charge in [0.2, 0.25) is 10.0 Å². The first kappa shape index (κ1) is 15.1. The van der Waals surface area contributed by atoms with Crippen LogP contribution in [0.25, 0.3) is 11.1 Å². The van der Waals surface area contributed by atoms with E-state index in [4.69, 9.17) is 4.52 Å². The molecule has 0 radical (unpaired) electrons. The molecule has 3 rings (SSSR count). The summed E-state index contributed by atoms with van der Waals surface area (Å²) in [7, 11) is -2.04. The van der Waals surface area contributed by atoms with Gasteiger partial charge in [-0.1, -0.05) is 12.1 Å². The molecule has 0 amide bonds. The number of rotatable bonds is 5. The molecule has 0 aliphatic rings. The fraction of sp³-hybridized carbons (Fsp3) is 0.286. The van der Waals surface area contributed by atoms with Crippen LogP contribution in [0.3, 0.4) is 0 Å². The third-order valence-electron chi connectivity index (χ3n) is 3.41. The van der Waals surface area contributed by atoms with Crippen LogP contribution < -0.4 is 0 Å². The molecule has 0 saturated heterocycles. The maximum absolute atomic E-state index is 12.7. The zero-order chi connectivity index (χ0) is 15.7. The van der Waals surface area contributed by atoms with Crippen LogP contribution in [-0.2, 0) is 23.0 Å². The molecule has 116 valence electrons. The second-order valence-electron chi connectivity index (χ2n) is 4.90. The quantitative estimate of drug-likeness (QED) is 0.715. The molecule has 0 fully saturated rings. The minimum absolute atomic E-state index is 0.149. The van der Waals surface area contributed by atoms with Crippen LogP contribution in [0.4, 0.5) is 0 Å². The molecular weight excluding hydrogens is 322 g/mol. The third-order valence-corrected chi connectivity index (χ3v) is 5.91. The van der Waals surface area contributed by atoms with E-state index in [1.165, 1.54) is 10.5 Å². The van der Waals surface area contributed by atoms with E-state index in [9.17, 15) is 8.42 Å². The fourth-order valence-corrected chi connectivity index (χ4v) is 3.95. The predicted molar refractivity (Wildman–Crippen MR) is 84.2 cm³/mol. The molecule has 0 N–H and O–H groups in total. The predicted octanol–water partition coefficient (Wildman–Crippen LogP) is 2.67. The number of aryl methyl sites for hydroxylation is 1. The van der Waals surface area contributed by atoms with Crippen LogP contribution in [0.5, 0.6) is 0 Å². The molecule has 0 saturated carbocycles. The highest BCUT2D eigenvalue weighted by molar-refractivity contribution is 7.89. The molecule has 0 aliphatic heterocycles. The van der Waals surface area contributed by atoms with Gasteiger partial charge in [0.1, 0.15) is 4.90 Å². The van der Waals surface area contributed by atoms with Crippen LogP contribution in [0.1, 0.15) is 18.2 Å². The average Bonchev–Trinajstić information content (AvgIpc) is 3.15. The van der Waals surface area contributed by atoms with Crippen LogP contribution >= 0.6 is 11.3 Å². The molecule has 22 heavy (non-hydrogen) atoms. The number of hydrogen-bond acceptors (Lipinski definition) is 6. The highest BCUT2D eigenvalue weighted by Gasteiger charge is 2.23. The summed E-state index contributed by atoms with van der Waals surface area (Å²) in [6, 6.07) is 3.49. The van der Waals surface area contributed by atoms with Gasteiger partial charge in [-0.05, 0) is 34.9 Å². The van der Waals surface area contributed by atoms with Crippen molar-refractivity contribution >= 4 is 32.5 Å². The minimum atomic E-state index is -3.60. The molecule has 8 heteroatoms. The van der Waals surface area contributed by atoms with Gasteiger partial charge in [0.05, 0.1) is 17.3 Å². The molecule has 0 bridgehead atoms. The average molecular weight is 337 g/mol. The fourth-order valence-electron chi connectivity index (χ4n) is 2.16. The number of aromatic nitrogens is 2. The first-order chi connectivity index (χ1) is 10.5. The van der Waals surface area contributed by atoms with Crippen LogP contribution in [0, 0.1) is 0 Å². The number of sulfonamides is 1. The maximum atomic E-state index is 12.7. The van der Waals surface area contributed by atoms with E-state index in [0.29, 0.717) is 29.8 Å². The van der Waals surface area contributed by atoms with E-state index >= 15 is 0 Å². The Kier molecular flexibility index (Phi) is 3.98. The summed E-state index contributed by atoms with van der Waals surface area (Å²) >= 11 is 1.54. The number of nitrogens with zero attached hydrogens (tertiary/aromatic N) is 3. The van der Waals surface area contributed by atoms with Gasteiger partial charge in [-0.25, -0.2) is 13.4 Å². The lowest BCUT2D eigenvalue weighted by Crippen LogP contribution is -2.26. The Hall–Kier alpha value is -1.77. The van der Waals surface area contributed by atoms with E-state index < -0.39 is 10.0 Å². The largest absolute Gasteiger partial charge is 0.336 e. The van der Waals surface area contributed by atoms with Crippen molar-refractivity contribution in [1.29, 1.82) is 0 Å². The standard InChI is InChI=1S/C14H15N3O3S2/c1-3-13-12-6-11(7-15-14(12)20-16-13)22(18,19)17(2)8-10-4-5-21-9-10/h4-7,9H,3,8H2,1-2H3. The highest BCUT2D eigenvalue weighted by Crippen LogP contribution is 2.23. The molecule has 0 unspecified atom stereocenters. The van der Waals surface area contributed by atoms with Crippen molar-refractivity contribution in [1.82, 2.24) is 14.4 Å². The monoisotopic (exact) mass is 337 g/mol. The molecule has 3 aromatic rings. The van der Waals surface area contributed by atoms with Crippen molar-refractivity contribution in [2.45, 2.75) is 24.8 Å². The topological polar surface area (TPSA) is 76.3 Å². The van der Waals surface area contributed by atoms with Crippen molar-refractivity contribution in [3.8, 4) is 0 Å². The van der Waals surface area contributed by atoms with Gasteiger partial charge in [0.25, 0.3) is 5.71 Å². The Morgan fingerprint density at radius 1 is 1.41 bits per heavy atom. The lowest BCUT2D eigenvalue weighted by molar-refractivity contribution is 0.439. The van der Waals surface area contributed by atoms with Gasteiger partial charge in [0.15, 0.2) is 0 Å². The van der Waals surface area contributed by atoms with Gasteiger partial charge < -0.3 is 4.52 Å². The molecule has 0 aromatic carbocycles. The summed E-state index contributed by atoms with van der Waals surface area (Å²) in [5.41, 5.74) is 2.03. The second-order valence-corrected chi connectivity index (χ2v) is 7.72. The third kappa shape index (κ3) is 2.65. The van der Waals surface area contributed by atoms with Crippen LogP contribution in [-0.4, -0.2) is 29.9 Å². The smallest absolute Gasteiger partial charge is 0.258 e. The molecule has 3 heterocycles. The number of thiophene rings is 1. The Bertz CT molecular complexity index is 885. The van der Waals surface area contributed by atoms with Gasteiger partial charge >= 0.3 is 0 Å². The van der Waals surface area contributed by atoms with E-state index in [1.807, 2.05) is 23.8 Å². The van der Waals surface area contributed by atoms with E-state index in [1.54, 1.807) is 24.5 Å². The summed E-state index contributed by atoms with van der Waals surface area (Å²) in [5.74, 6) is 0. The maximum Gasteiger partial charge on any atom is 0.258 e. The Morgan fingerprint density at radius 2 is 2.23 bits per heavy atom. The zero-order valence-electron chi connectivity index (χ0n) is 12.2. The summed E-state index contributed by atoms with van der Waals surface area (Å²) < 4.78 is 31.7. The molecule has 0 aliphatic carbocycles. The van der Waals surface area contributed by atoms with E-state index in [2.05, 4.69) is 10.1 Å². The van der Waals surface area contributed by atoms with E-state index in [0.717, 1.165) is 5.56 Å². The summed E-state index contributed by atoms with van der Waals surface area (Å²) in [4.78, 5) is 4.21. The summed E-state index contributed by atoms with van der Waals surface area (Å²) in [6.07, 6.45) is 1.97. The summed E-state index contributed by atoms with van der Waals surface area (Å²) in [5, 5.41) is 8.40. The van der Waals surface area contributed by atoms with Crippen molar-refractivity contribution in [3.63, 3.8) is 0 Å². The zero-order valence-corrected chi connectivity index (χ0v) is 13.8. The molecule has 3 aromatic heterocycles. The Morgan fingerprint density at radius 3 is 2.91 bits per heavy atom. The van der Waals surface area contributed by atoms with Crippen molar-refractivity contribution in [2.75, 3.05) is 7.05 Å². The first-order valence-corrected chi connectivity index (χ1v) is 9.12. The van der Waals surface area contributed by atoms with Gasteiger partial charge in [0, 0.05) is 13.6 Å². The SMILES string of the molecule is CCc1noc2ncc(S(=O)(=O)N(C)Cc3ccsc3)cc12. The molecule has 0 spiro atoms. The van der Waals surface area contributed by atoms with Crippen molar-refractivity contribution < 1.29 is 12.9 Å². The Labute approximate surface area is 132 Å². The summed E-state index contributed by atoms with van der Waals surface area (Å²) in [6.45, 7) is 2.26. The number of pyridine rings is 1. The highest BCUT2D eigenvalue weighted by atomic mass is 32.2. The van der Waals surface area contributed by atoms with Gasteiger partial charge in [-0.2, -0.15) is 15.6 Å². The second kappa shape index (κ2) is 5.79. The lowest BCUT2D eigenvalue weighted by atomic mass is 10.2. The number of hydrogen-bond donors (Lipinski definition) is 0. The van der Waals surface area contributed by atoms with Crippen LogP contribution in [0.2, 0.25) is 0 Å². The normalized spacial score (nSPS) is 12.3. The number of fused-ring (bicyclic) bond motifs is 1. The van der Waals surface area contributed by atoms with Gasteiger partial charge in [-0.3, -0.25) is 0 Å². The van der Waals surface area contributed by atoms with Gasteiger partial charge in [-0.15, -0.1) is 0 Å². The van der Waals surface area contributed by atoms with Crippen LogP contribution in [0.15, 0.2) is 38.5 Å². The van der Waals surface area contributed by atoms with Crippen molar-refractivity contribution in [2.24, 2.45) is 0 Å². The molecule has 0 atom stereocenters. The van der Waals surface area contributed by atoms with E-state index in [-0.39, 0.29) is 4.90 Å². The minimum Gasteiger partial charge on any atom is -0.336 e. The molecule has 6 nitrogen and oxygen atoms in total. The lowest BCUT2D eigenvalue weighted by Gasteiger charge is -2.16.